The van der Waals surface area contributed by atoms with Crippen molar-refractivity contribution in [2.75, 3.05) is 0 Å². The van der Waals surface area contributed by atoms with Gasteiger partial charge < -0.3 is 5.11 Å². The summed E-state index contributed by atoms with van der Waals surface area (Å²) in [5.74, 6) is -1.15. The van der Waals surface area contributed by atoms with E-state index in [1.54, 1.807) is 49.4 Å². The van der Waals surface area contributed by atoms with Gasteiger partial charge in [-0.15, -0.1) is 0 Å². The number of nitrogens with one attached hydrogen (secondary N) is 1. The number of aromatic nitrogens is 2. The number of aliphatic carboxylic acids is 1. The largest absolute Gasteiger partial charge is 0.481 e. The molecule has 0 bridgehead atoms. The van der Waals surface area contributed by atoms with Crippen LogP contribution >= 0.6 is 0 Å². The quantitative estimate of drug-likeness (QED) is 0.530. The first-order valence-corrected chi connectivity index (χ1v) is 10.3. The third kappa shape index (κ3) is 3.03. The lowest BCUT2D eigenvalue weighted by Crippen LogP contribution is -2.05. The molecular weight excluding hydrogens is 376 g/mol. The van der Waals surface area contributed by atoms with Gasteiger partial charge in [0.15, 0.2) is 5.03 Å². The van der Waals surface area contributed by atoms with Crippen LogP contribution in [0.2, 0.25) is 0 Å². The number of carbonyl (C=O) groups is 1. The Hall–Kier alpha value is -3.19. The van der Waals surface area contributed by atoms with E-state index in [9.17, 15) is 13.2 Å². The molecule has 6 nitrogen and oxygen atoms in total. The first kappa shape index (κ1) is 18.2. The zero-order chi connectivity index (χ0) is 19.9. The summed E-state index contributed by atoms with van der Waals surface area (Å²) in [6.07, 6.45) is -0.0330. The third-order valence-corrected chi connectivity index (χ3v) is 6.68. The highest BCUT2D eigenvalue weighted by Gasteiger charge is 2.25. The summed E-state index contributed by atoms with van der Waals surface area (Å²) < 4.78 is 26.8. The zero-order valence-electron chi connectivity index (χ0n) is 15.1. The number of hydrogen-bond acceptors (Lipinski definition) is 4. The van der Waals surface area contributed by atoms with Gasteiger partial charge >= 0.3 is 5.97 Å². The second kappa shape index (κ2) is 6.76. The van der Waals surface area contributed by atoms with Gasteiger partial charge in [0.05, 0.1) is 16.8 Å². The Balaban J connectivity index is 1.89. The maximum Gasteiger partial charge on any atom is 0.303 e. The predicted molar refractivity (Wildman–Crippen MR) is 106 cm³/mol. The molecule has 4 aromatic rings. The molecule has 0 amide bonds. The molecule has 1 heterocycles. The van der Waals surface area contributed by atoms with E-state index in [1.165, 1.54) is 0 Å². The molecule has 0 saturated carbocycles. The molecule has 1 aromatic heterocycles. The van der Waals surface area contributed by atoms with Gasteiger partial charge in [-0.3, -0.25) is 9.89 Å². The Labute approximate surface area is 161 Å². The summed E-state index contributed by atoms with van der Waals surface area (Å²) in [7, 11) is -3.85. The van der Waals surface area contributed by atoms with Gasteiger partial charge in [0.2, 0.25) is 9.84 Å². The van der Waals surface area contributed by atoms with E-state index >= 15 is 0 Å². The second-order valence-electron chi connectivity index (χ2n) is 6.81. The maximum absolute atomic E-state index is 13.4. The minimum atomic E-state index is -3.85. The fourth-order valence-electron chi connectivity index (χ4n) is 3.44. The molecule has 0 saturated heterocycles. The van der Waals surface area contributed by atoms with Gasteiger partial charge in [-0.2, -0.15) is 5.10 Å². The van der Waals surface area contributed by atoms with E-state index < -0.39 is 15.8 Å². The number of aromatic amines is 1. The van der Waals surface area contributed by atoms with E-state index in [1.807, 2.05) is 18.2 Å². The second-order valence-corrected chi connectivity index (χ2v) is 8.66. The van der Waals surface area contributed by atoms with Gasteiger partial charge in [-0.1, -0.05) is 49.4 Å². The van der Waals surface area contributed by atoms with Crippen LogP contribution in [-0.4, -0.2) is 29.7 Å². The monoisotopic (exact) mass is 394 g/mol. The van der Waals surface area contributed by atoms with E-state index in [-0.39, 0.29) is 22.3 Å². The topological polar surface area (TPSA) is 100 Å². The summed E-state index contributed by atoms with van der Waals surface area (Å²) >= 11 is 0. The molecule has 0 aliphatic heterocycles. The molecule has 1 unspecified atom stereocenters. The standard InChI is InChI=1S/C21H18N2O4S/c1-13(11-20(24)25)15-9-10-18-17(12-15)21(23-22-18)28(26,27)19-8-4-6-14-5-2-3-7-16(14)19/h2-10,12-13H,11H2,1H3,(H,22,23)(H,24,25). The van der Waals surface area contributed by atoms with Crippen LogP contribution in [0.3, 0.4) is 0 Å². The van der Waals surface area contributed by atoms with Crippen LogP contribution in [0.5, 0.6) is 0 Å². The minimum Gasteiger partial charge on any atom is -0.481 e. The number of nitrogens with zero attached hydrogens (tertiary/aromatic N) is 1. The normalized spacial score (nSPS) is 13.0. The van der Waals surface area contributed by atoms with Gasteiger partial charge in [-0.25, -0.2) is 8.42 Å². The molecule has 142 valence electrons. The van der Waals surface area contributed by atoms with Gasteiger partial charge in [0, 0.05) is 10.8 Å². The highest BCUT2D eigenvalue weighted by molar-refractivity contribution is 7.91. The number of rotatable bonds is 5. The maximum atomic E-state index is 13.4. The number of benzene rings is 3. The van der Waals surface area contributed by atoms with Crippen molar-refractivity contribution in [3.8, 4) is 0 Å². The SMILES string of the molecule is CC(CC(=O)O)c1ccc2n[nH]c(S(=O)(=O)c3cccc4ccccc34)c2c1. The third-order valence-electron chi connectivity index (χ3n) is 4.90. The number of hydrogen-bond donors (Lipinski definition) is 2. The first-order valence-electron chi connectivity index (χ1n) is 8.80. The summed E-state index contributed by atoms with van der Waals surface area (Å²) in [4.78, 5) is 11.2. The van der Waals surface area contributed by atoms with E-state index in [0.717, 1.165) is 10.9 Å². The predicted octanol–water partition coefficient (Wildman–Crippen LogP) is 4.13. The van der Waals surface area contributed by atoms with Crippen molar-refractivity contribution in [1.29, 1.82) is 0 Å². The number of H-pyrrole nitrogens is 1. The smallest absolute Gasteiger partial charge is 0.303 e. The Bertz CT molecular complexity index is 1300. The van der Waals surface area contributed by atoms with Crippen molar-refractivity contribution in [2.24, 2.45) is 0 Å². The molecule has 2 N–H and O–H groups in total. The summed E-state index contributed by atoms with van der Waals surface area (Å²) in [6.45, 7) is 1.80. The molecule has 7 heteroatoms. The Morgan fingerprint density at radius 3 is 2.61 bits per heavy atom. The zero-order valence-corrected chi connectivity index (χ0v) is 15.9. The van der Waals surface area contributed by atoms with Crippen molar-refractivity contribution in [1.82, 2.24) is 10.2 Å². The highest BCUT2D eigenvalue weighted by Crippen LogP contribution is 2.32. The lowest BCUT2D eigenvalue weighted by Gasteiger charge is -2.10. The van der Waals surface area contributed by atoms with Gasteiger partial charge in [0.1, 0.15) is 0 Å². The van der Waals surface area contributed by atoms with Crippen LogP contribution in [0.4, 0.5) is 0 Å². The molecular formula is C21H18N2O4S. The molecule has 1 atom stereocenters. The Morgan fingerprint density at radius 1 is 1.07 bits per heavy atom. The molecule has 0 aliphatic carbocycles. The molecule has 4 rings (SSSR count). The Morgan fingerprint density at radius 2 is 1.82 bits per heavy atom. The molecule has 0 spiro atoms. The number of sulfone groups is 1. The number of carboxylic acid groups (broad SMARTS) is 1. The van der Waals surface area contributed by atoms with Crippen LogP contribution in [0, 0.1) is 0 Å². The summed E-state index contributed by atoms with van der Waals surface area (Å²) in [6, 6.07) is 17.7. The van der Waals surface area contributed by atoms with Crippen LogP contribution < -0.4 is 0 Å². The molecule has 0 radical (unpaired) electrons. The number of fused-ring (bicyclic) bond motifs is 2. The first-order chi connectivity index (χ1) is 13.4. The van der Waals surface area contributed by atoms with E-state index in [4.69, 9.17) is 5.11 Å². The summed E-state index contributed by atoms with van der Waals surface area (Å²) in [5.41, 5.74) is 1.27. The van der Waals surface area contributed by atoms with Crippen LogP contribution in [0.15, 0.2) is 70.6 Å². The van der Waals surface area contributed by atoms with Crippen LogP contribution in [-0.2, 0) is 14.6 Å². The lowest BCUT2D eigenvalue weighted by atomic mass is 9.97. The highest BCUT2D eigenvalue weighted by atomic mass is 32.2. The fourth-order valence-corrected chi connectivity index (χ4v) is 5.01. The molecule has 0 fully saturated rings. The Kier molecular flexibility index (Phi) is 4.39. The average molecular weight is 394 g/mol. The van der Waals surface area contributed by atoms with Crippen molar-refractivity contribution in [3.05, 3.63) is 66.2 Å². The number of carboxylic acids is 1. The molecule has 0 aliphatic rings. The fraction of sp³-hybridized carbons (Fsp3) is 0.143. The van der Waals surface area contributed by atoms with Crippen molar-refractivity contribution in [2.45, 2.75) is 29.2 Å². The van der Waals surface area contributed by atoms with Crippen LogP contribution in [0.25, 0.3) is 21.7 Å². The summed E-state index contributed by atoms with van der Waals surface area (Å²) in [5, 5.41) is 17.8. The van der Waals surface area contributed by atoms with E-state index in [2.05, 4.69) is 10.2 Å². The molecule has 28 heavy (non-hydrogen) atoms. The minimum absolute atomic E-state index is 0.0169. The van der Waals surface area contributed by atoms with Crippen molar-refractivity contribution in [3.63, 3.8) is 0 Å². The van der Waals surface area contributed by atoms with Crippen LogP contribution in [0.1, 0.15) is 24.8 Å². The van der Waals surface area contributed by atoms with Gasteiger partial charge in [0.25, 0.3) is 0 Å². The average Bonchev–Trinajstić information content (AvgIpc) is 3.11. The van der Waals surface area contributed by atoms with E-state index in [0.29, 0.717) is 16.3 Å². The van der Waals surface area contributed by atoms with Crippen molar-refractivity contribution >= 4 is 37.5 Å². The van der Waals surface area contributed by atoms with Crippen molar-refractivity contribution < 1.29 is 18.3 Å². The molecule has 3 aromatic carbocycles. The van der Waals surface area contributed by atoms with Gasteiger partial charge in [-0.05, 0) is 35.1 Å². The lowest BCUT2D eigenvalue weighted by molar-refractivity contribution is -0.137.